The third-order valence-corrected chi connectivity index (χ3v) is 1.80. The average molecular weight is 157 g/mol. The van der Waals surface area contributed by atoms with E-state index in [4.69, 9.17) is 4.74 Å². The summed E-state index contributed by atoms with van der Waals surface area (Å²) in [5.74, 6) is 0.587. The highest BCUT2D eigenvalue weighted by Gasteiger charge is 2.12. The fourth-order valence-corrected chi connectivity index (χ4v) is 1.19. The number of aliphatic imine (C=N–C) groups is 1. The Labute approximate surface area is 66.3 Å². The molecule has 0 spiro atoms. The molecule has 56 valence electrons. The minimum absolute atomic E-state index is 0.587. The van der Waals surface area contributed by atoms with Gasteiger partial charge in [0.05, 0.1) is 18.3 Å². The first kappa shape index (κ1) is 7.86. The van der Waals surface area contributed by atoms with Gasteiger partial charge in [0.15, 0.2) is 0 Å². The molecule has 0 saturated carbocycles. The fraction of sp³-hybridized carbons (Fsp3) is 0.857. The van der Waals surface area contributed by atoms with Crippen molar-refractivity contribution in [3.8, 4) is 0 Å². The minimum Gasteiger partial charge on any atom is -0.381 e. The highest BCUT2D eigenvalue weighted by Crippen LogP contribution is 2.12. The summed E-state index contributed by atoms with van der Waals surface area (Å²) in [4.78, 5) is 3.88. The van der Waals surface area contributed by atoms with Crippen LogP contribution in [0, 0.1) is 5.92 Å². The second-order valence-electron chi connectivity index (χ2n) is 2.52. The lowest BCUT2D eigenvalue weighted by Crippen LogP contribution is -2.19. The average Bonchev–Trinajstić information content (AvgIpc) is 2.03. The smallest absolute Gasteiger partial charge is 0.0585 e. The standard InChI is InChI=1S/C7H11NOS/c10-6-8-4-7-2-1-3-9-5-7/h7H,1-5H2/t7-/m1/s1. The van der Waals surface area contributed by atoms with Crippen LogP contribution in [0.15, 0.2) is 4.99 Å². The molecule has 0 aromatic heterocycles. The van der Waals surface area contributed by atoms with Crippen molar-refractivity contribution in [3.63, 3.8) is 0 Å². The maximum Gasteiger partial charge on any atom is 0.0585 e. The molecule has 0 aromatic rings. The van der Waals surface area contributed by atoms with Crippen LogP contribution < -0.4 is 0 Å². The Morgan fingerprint density at radius 1 is 1.70 bits per heavy atom. The van der Waals surface area contributed by atoms with Gasteiger partial charge in [-0.05, 0) is 25.1 Å². The van der Waals surface area contributed by atoms with E-state index in [1.165, 1.54) is 6.42 Å². The molecule has 1 aliphatic rings. The van der Waals surface area contributed by atoms with Crippen molar-refractivity contribution < 1.29 is 4.74 Å². The molecule has 1 fully saturated rings. The van der Waals surface area contributed by atoms with Crippen molar-refractivity contribution in [2.45, 2.75) is 12.8 Å². The van der Waals surface area contributed by atoms with E-state index in [1.807, 2.05) is 0 Å². The molecule has 1 heterocycles. The topological polar surface area (TPSA) is 21.6 Å². The zero-order valence-corrected chi connectivity index (χ0v) is 6.69. The third-order valence-electron chi connectivity index (χ3n) is 1.67. The Hall–Kier alpha value is -0.240. The van der Waals surface area contributed by atoms with Gasteiger partial charge in [-0.2, -0.15) is 0 Å². The molecule has 2 nitrogen and oxygen atoms in total. The molecule has 0 unspecified atom stereocenters. The number of hydrogen-bond donors (Lipinski definition) is 0. The van der Waals surface area contributed by atoms with Gasteiger partial charge in [-0.25, -0.2) is 4.99 Å². The van der Waals surface area contributed by atoms with Crippen molar-refractivity contribution in [1.29, 1.82) is 0 Å². The first-order chi connectivity index (χ1) is 4.93. The molecule has 1 rings (SSSR count). The number of hydrogen-bond acceptors (Lipinski definition) is 3. The zero-order valence-electron chi connectivity index (χ0n) is 5.88. The van der Waals surface area contributed by atoms with Gasteiger partial charge in [0, 0.05) is 12.5 Å². The van der Waals surface area contributed by atoms with E-state index >= 15 is 0 Å². The Morgan fingerprint density at radius 3 is 3.20 bits per heavy atom. The number of isothiocyanates is 1. The summed E-state index contributed by atoms with van der Waals surface area (Å²) < 4.78 is 5.26. The molecule has 3 heteroatoms. The van der Waals surface area contributed by atoms with E-state index in [2.05, 4.69) is 22.4 Å². The first-order valence-corrected chi connectivity index (χ1v) is 3.95. The second-order valence-corrected chi connectivity index (χ2v) is 2.70. The lowest BCUT2D eigenvalue weighted by atomic mass is 10.0. The van der Waals surface area contributed by atoms with Crippen LogP contribution in [0.2, 0.25) is 0 Å². The summed E-state index contributed by atoms with van der Waals surface area (Å²) in [6.45, 7) is 2.56. The Morgan fingerprint density at radius 2 is 2.60 bits per heavy atom. The van der Waals surface area contributed by atoms with Gasteiger partial charge in [0.25, 0.3) is 0 Å². The molecule has 0 N–H and O–H groups in total. The van der Waals surface area contributed by atoms with Crippen LogP contribution in [-0.2, 0) is 4.74 Å². The number of nitrogens with zero attached hydrogens (tertiary/aromatic N) is 1. The molecule has 0 radical (unpaired) electrons. The highest BCUT2D eigenvalue weighted by molar-refractivity contribution is 7.78. The normalized spacial score (nSPS) is 25.4. The van der Waals surface area contributed by atoms with Crippen molar-refractivity contribution in [2.75, 3.05) is 19.8 Å². The summed E-state index contributed by atoms with van der Waals surface area (Å²) in [7, 11) is 0. The fourth-order valence-electron chi connectivity index (χ4n) is 1.12. The molecule has 0 bridgehead atoms. The summed E-state index contributed by atoms with van der Waals surface area (Å²) in [6.07, 6.45) is 2.39. The van der Waals surface area contributed by atoms with Crippen molar-refractivity contribution in [1.82, 2.24) is 0 Å². The van der Waals surface area contributed by atoms with E-state index in [0.717, 1.165) is 26.2 Å². The maximum absolute atomic E-state index is 5.26. The summed E-state index contributed by atoms with van der Waals surface area (Å²) in [5, 5.41) is 2.37. The van der Waals surface area contributed by atoms with Gasteiger partial charge in [-0.3, -0.25) is 0 Å². The minimum atomic E-state index is 0.587. The second kappa shape index (κ2) is 4.56. The number of thiocarbonyl (C=S) groups is 1. The monoisotopic (exact) mass is 157 g/mol. The van der Waals surface area contributed by atoms with Gasteiger partial charge in [-0.1, -0.05) is 0 Å². The first-order valence-electron chi connectivity index (χ1n) is 3.55. The SMILES string of the molecule is S=C=NC[C@H]1CCCOC1. The van der Waals surface area contributed by atoms with Crippen molar-refractivity contribution in [3.05, 3.63) is 0 Å². The summed E-state index contributed by atoms with van der Waals surface area (Å²) in [6, 6.07) is 0. The quantitative estimate of drug-likeness (QED) is 0.447. The largest absolute Gasteiger partial charge is 0.381 e. The van der Waals surface area contributed by atoms with Crippen LogP contribution in [0.1, 0.15) is 12.8 Å². The maximum atomic E-state index is 5.26. The van der Waals surface area contributed by atoms with Crippen LogP contribution in [-0.4, -0.2) is 24.9 Å². The Bertz CT molecular complexity index is 137. The summed E-state index contributed by atoms with van der Waals surface area (Å²) in [5.41, 5.74) is 0. The van der Waals surface area contributed by atoms with E-state index in [-0.39, 0.29) is 0 Å². The predicted octanol–water partition coefficient (Wildman–Crippen LogP) is 1.52. The predicted molar refractivity (Wildman–Crippen MR) is 43.4 cm³/mol. The van der Waals surface area contributed by atoms with Gasteiger partial charge in [0.2, 0.25) is 0 Å². The van der Waals surface area contributed by atoms with Crippen molar-refractivity contribution in [2.24, 2.45) is 10.9 Å². The summed E-state index contributed by atoms with van der Waals surface area (Å²) >= 11 is 4.46. The molecule has 0 amide bonds. The van der Waals surface area contributed by atoms with E-state index in [9.17, 15) is 0 Å². The van der Waals surface area contributed by atoms with Gasteiger partial charge >= 0.3 is 0 Å². The van der Waals surface area contributed by atoms with Gasteiger partial charge in [-0.15, -0.1) is 0 Å². The van der Waals surface area contributed by atoms with E-state index in [0.29, 0.717) is 5.92 Å². The van der Waals surface area contributed by atoms with Crippen LogP contribution in [0.5, 0.6) is 0 Å². The van der Waals surface area contributed by atoms with E-state index < -0.39 is 0 Å². The molecule has 10 heavy (non-hydrogen) atoms. The van der Waals surface area contributed by atoms with Crippen LogP contribution in [0.4, 0.5) is 0 Å². The van der Waals surface area contributed by atoms with Crippen LogP contribution in [0.25, 0.3) is 0 Å². The number of ether oxygens (including phenoxy) is 1. The molecule has 0 aliphatic carbocycles. The molecule has 1 atom stereocenters. The van der Waals surface area contributed by atoms with E-state index in [1.54, 1.807) is 0 Å². The zero-order chi connectivity index (χ0) is 7.23. The van der Waals surface area contributed by atoms with Crippen LogP contribution in [0.3, 0.4) is 0 Å². The molecular weight excluding hydrogens is 146 g/mol. The molecule has 1 saturated heterocycles. The number of rotatable bonds is 2. The van der Waals surface area contributed by atoms with Gasteiger partial charge in [0.1, 0.15) is 0 Å². The van der Waals surface area contributed by atoms with Crippen molar-refractivity contribution >= 4 is 17.4 Å². The molecular formula is C7H11NOS. The van der Waals surface area contributed by atoms with Gasteiger partial charge < -0.3 is 4.74 Å². The molecule has 0 aromatic carbocycles. The Kier molecular flexibility index (Phi) is 3.58. The highest BCUT2D eigenvalue weighted by atomic mass is 32.1. The Balaban J connectivity index is 2.19. The lowest BCUT2D eigenvalue weighted by Gasteiger charge is -2.19. The molecule has 1 aliphatic heterocycles. The third kappa shape index (κ3) is 2.56. The van der Waals surface area contributed by atoms with Crippen LogP contribution >= 0.6 is 12.2 Å². The lowest BCUT2D eigenvalue weighted by molar-refractivity contribution is 0.0583.